The van der Waals surface area contributed by atoms with Gasteiger partial charge in [0.1, 0.15) is 0 Å². The fourth-order valence-electron chi connectivity index (χ4n) is 3.35. The summed E-state index contributed by atoms with van der Waals surface area (Å²) in [5.41, 5.74) is 4.63. The van der Waals surface area contributed by atoms with Gasteiger partial charge >= 0.3 is 5.97 Å². The maximum Gasteiger partial charge on any atom is 0.367 e. The lowest BCUT2D eigenvalue weighted by Crippen LogP contribution is -2.18. The molecule has 0 fully saturated rings. The summed E-state index contributed by atoms with van der Waals surface area (Å²) in [7, 11) is 0. The number of hydrogen-bond donors (Lipinski definition) is 0. The number of ether oxygens (including phenoxy) is 1. The van der Waals surface area contributed by atoms with E-state index in [1.807, 2.05) is 18.2 Å². The van der Waals surface area contributed by atoms with Crippen molar-refractivity contribution >= 4 is 18.1 Å². The van der Waals surface area contributed by atoms with Crippen LogP contribution in [0, 0.1) is 5.41 Å². The van der Waals surface area contributed by atoms with E-state index in [0.717, 1.165) is 12.0 Å². The van der Waals surface area contributed by atoms with E-state index in [-0.39, 0.29) is 12.0 Å². The second-order valence-corrected chi connectivity index (χ2v) is 7.15. The van der Waals surface area contributed by atoms with Crippen LogP contribution in [0.25, 0.3) is 12.2 Å². The van der Waals surface area contributed by atoms with E-state index in [1.165, 1.54) is 30.1 Å². The molecule has 0 bridgehead atoms. The number of rotatable bonds is 5. The zero-order valence-corrected chi connectivity index (χ0v) is 15.6. The smallest absolute Gasteiger partial charge is 0.367 e. The van der Waals surface area contributed by atoms with Crippen molar-refractivity contribution in [3.8, 4) is 0 Å². The average molecular weight is 342 g/mol. The van der Waals surface area contributed by atoms with Crippen molar-refractivity contribution in [2.24, 2.45) is 5.41 Å². The first-order valence-corrected chi connectivity index (χ1v) is 8.86. The zero-order valence-electron chi connectivity index (χ0n) is 15.6. The summed E-state index contributed by atoms with van der Waals surface area (Å²) in [5.74, 6) is -1.80. The van der Waals surface area contributed by atoms with Gasteiger partial charge < -0.3 is 4.74 Å². The highest BCUT2D eigenvalue weighted by atomic mass is 19.1. The molecule has 1 aliphatic rings. The highest BCUT2D eigenvalue weighted by molar-refractivity contribution is 5.91. The minimum Gasteiger partial charge on any atom is -0.461 e. The fourth-order valence-corrected chi connectivity index (χ4v) is 3.35. The van der Waals surface area contributed by atoms with Crippen LogP contribution < -0.4 is 0 Å². The molecule has 0 saturated heterocycles. The predicted molar refractivity (Wildman–Crippen MR) is 102 cm³/mol. The number of hydrogen-bond acceptors (Lipinski definition) is 2. The van der Waals surface area contributed by atoms with Crippen molar-refractivity contribution in [1.29, 1.82) is 0 Å². The van der Waals surface area contributed by atoms with Gasteiger partial charge in [0.05, 0.1) is 6.61 Å². The first kappa shape index (κ1) is 19.2. The van der Waals surface area contributed by atoms with Gasteiger partial charge in [0.25, 0.3) is 0 Å². The zero-order chi connectivity index (χ0) is 18.4. The Balaban J connectivity index is 2.22. The molecular formula is C22H27FO2. The third-order valence-electron chi connectivity index (χ3n) is 4.66. The van der Waals surface area contributed by atoms with Gasteiger partial charge in [0.15, 0.2) is 0 Å². The molecule has 0 atom stereocenters. The molecule has 0 heterocycles. The molecule has 0 saturated carbocycles. The van der Waals surface area contributed by atoms with Gasteiger partial charge in [-0.05, 0) is 67.4 Å². The number of esters is 1. The van der Waals surface area contributed by atoms with E-state index in [9.17, 15) is 9.18 Å². The molecule has 3 heteroatoms. The van der Waals surface area contributed by atoms with Gasteiger partial charge in [-0.3, -0.25) is 0 Å². The van der Waals surface area contributed by atoms with Gasteiger partial charge in [0.2, 0.25) is 5.83 Å². The van der Waals surface area contributed by atoms with E-state index < -0.39 is 11.8 Å². The van der Waals surface area contributed by atoms with Gasteiger partial charge in [-0.2, -0.15) is 4.39 Å². The number of carbonyl (C=O) groups is 1. The third-order valence-corrected chi connectivity index (χ3v) is 4.66. The number of carbonyl (C=O) groups excluding carboxylic acids is 1. The normalized spacial score (nSPS) is 17.9. The van der Waals surface area contributed by atoms with Crippen LogP contribution in [0.5, 0.6) is 0 Å². The molecule has 0 spiro atoms. The molecule has 1 aromatic carbocycles. The van der Waals surface area contributed by atoms with Gasteiger partial charge in [-0.15, -0.1) is 0 Å². The van der Waals surface area contributed by atoms with Crippen LogP contribution in [0.1, 0.15) is 58.1 Å². The van der Waals surface area contributed by atoms with E-state index in [4.69, 9.17) is 0 Å². The van der Waals surface area contributed by atoms with Crippen molar-refractivity contribution < 1.29 is 13.9 Å². The van der Waals surface area contributed by atoms with Crippen LogP contribution in [0.2, 0.25) is 0 Å². The maximum absolute atomic E-state index is 13.8. The number of halogens is 1. The topological polar surface area (TPSA) is 26.3 Å². The Morgan fingerprint density at radius 3 is 2.68 bits per heavy atom. The van der Waals surface area contributed by atoms with Gasteiger partial charge in [-0.1, -0.05) is 49.8 Å². The molecule has 1 aliphatic carbocycles. The quantitative estimate of drug-likeness (QED) is 0.477. The van der Waals surface area contributed by atoms with Crippen molar-refractivity contribution in [3.63, 3.8) is 0 Å². The van der Waals surface area contributed by atoms with Crippen molar-refractivity contribution in [2.75, 3.05) is 6.61 Å². The standard InChI is InChI=1S/C22H27FO2/c1-5-25-21(24)20(23)15-18-10-6-9-17(14-18)11-12-19-16(2)8-7-13-22(19,3)4/h6,9-12,14-15H,5,7-8,13H2,1-4H3/b12-11+,20-15-. The summed E-state index contributed by atoms with van der Waals surface area (Å²) in [5, 5.41) is 0. The molecule has 25 heavy (non-hydrogen) atoms. The molecule has 0 aliphatic heterocycles. The summed E-state index contributed by atoms with van der Waals surface area (Å²) in [4.78, 5) is 11.4. The number of allylic oxidation sites excluding steroid dienone is 3. The molecule has 2 nitrogen and oxygen atoms in total. The van der Waals surface area contributed by atoms with Crippen LogP contribution in [0.3, 0.4) is 0 Å². The first-order chi connectivity index (χ1) is 11.8. The molecule has 2 rings (SSSR count). The Labute approximate surface area is 150 Å². The predicted octanol–water partition coefficient (Wildman–Crippen LogP) is 6.10. The first-order valence-electron chi connectivity index (χ1n) is 8.86. The Morgan fingerprint density at radius 1 is 1.28 bits per heavy atom. The van der Waals surface area contributed by atoms with Crippen LogP contribution in [-0.2, 0) is 9.53 Å². The summed E-state index contributed by atoms with van der Waals surface area (Å²) in [6.45, 7) is 8.58. The molecule has 0 radical (unpaired) electrons. The van der Waals surface area contributed by atoms with Crippen molar-refractivity contribution in [2.45, 2.75) is 47.0 Å². The minimum absolute atomic E-state index is 0.160. The van der Waals surface area contributed by atoms with Gasteiger partial charge in [-0.25, -0.2) is 4.79 Å². The molecule has 1 aromatic rings. The largest absolute Gasteiger partial charge is 0.461 e. The second-order valence-electron chi connectivity index (χ2n) is 7.15. The Morgan fingerprint density at radius 2 is 2.00 bits per heavy atom. The van der Waals surface area contributed by atoms with E-state index in [2.05, 4.69) is 37.7 Å². The second kappa shape index (κ2) is 8.28. The SMILES string of the molecule is CCOC(=O)/C(F)=C/c1cccc(/C=C/C2=C(C)CCCC2(C)C)c1. The van der Waals surface area contributed by atoms with Crippen molar-refractivity contribution in [3.05, 3.63) is 58.4 Å². The molecule has 0 aromatic heterocycles. The molecule has 0 amide bonds. The molecule has 0 N–H and O–H groups in total. The van der Waals surface area contributed by atoms with Crippen LogP contribution in [0.15, 0.2) is 47.3 Å². The Kier molecular flexibility index (Phi) is 6.35. The lowest BCUT2D eigenvalue weighted by molar-refractivity contribution is -0.140. The Bertz CT molecular complexity index is 723. The van der Waals surface area contributed by atoms with Gasteiger partial charge in [0, 0.05) is 0 Å². The van der Waals surface area contributed by atoms with Crippen LogP contribution in [-0.4, -0.2) is 12.6 Å². The minimum atomic E-state index is -0.923. The Hall–Kier alpha value is -2.16. The van der Waals surface area contributed by atoms with Crippen molar-refractivity contribution in [1.82, 2.24) is 0 Å². The summed E-state index contributed by atoms with van der Waals surface area (Å²) in [6, 6.07) is 7.46. The summed E-state index contributed by atoms with van der Waals surface area (Å²) in [6.07, 6.45) is 9.03. The maximum atomic E-state index is 13.8. The lowest BCUT2D eigenvalue weighted by Gasteiger charge is -2.32. The van der Waals surface area contributed by atoms with E-state index >= 15 is 0 Å². The van der Waals surface area contributed by atoms with Crippen LogP contribution in [0.4, 0.5) is 4.39 Å². The number of benzene rings is 1. The van der Waals surface area contributed by atoms with E-state index in [0.29, 0.717) is 5.56 Å². The highest BCUT2D eigenvalue weighted by Gasteiger charge is 2.26. The monoisotopic (exact) mass is 342 g/mol. The molecular weight excluding hydrogens is 315 g/mol. The molecule has 0 unspecified atom stereocenters. The lowest BCUT2D eigenvalue weighted by atomic mass is 9.72. The molecule has 134 valence electrons. The third kappa shape index (κ3) is 5.15. The van der Waals surface area contributed by atoms with E-state index in [1.54, 1.807) is 13.0 Å². The fraction of sp³-hybridized carbons (Fsp3) is 0.409. The average Bonchev–Trinajstić information content (AvgIpc) is 2.54. The summed E-state index contributed by atoms with van der Waals surface area (Å²) < 4.78 is 18.5. The van der Waals surface area contributed by atoms with Crippen LogP contribution >= 0.6 is 0 Å². The highest BCUT2D eigenvalue weighted by Crippen LogP contribution is 2.40. The summed E-state index contributed by atoms with van der Waals surface area (Å²) >= 11 is 0.